The third-order valence-corrected chi connectivity index (χ3v) is 8.82. The molecule has 0 unspecified atom stereocenters. The van der Waals surface area contributed by atoms with Gasteiger partial charge < -0.3 is 34.4 Å². The number of nitrogens with zero attached hydrogens (tertiary/aromatic N) is 8. The number of alkyl halides is 3. The summed E-state index contributed by atoms with van der Waals surface area (Å²) in [6, 6.07) is 4.84. The maximum Gasteiger partial charge on any atom is 0.417 e. The molecule has 4 aromatic rings. The molecule has 3 aromatic heterocycles. The first kappa shape index (κ1) is 34.0. The molecule has 18 heteroatoms. The lowest BCUT2D eigenvalue weighted by atomic mass is 10.1. The van der Waals surface area contributed by atoms with E-state index in [4.69, 9.17) is 16.3 Å². The zero-order chi connectivity index (χ0) is 35.0. The fraction of sp³-hybridized carbons (Fsp3) is 0.419. The zero-order valence-corrected chi connectivity index (χ0v) is 27.4. The number of benzene rings is 1. The van der Waals surface area contributed by atoms with Gasteiger partial charge in [0, 0.05) is 51.2 Å². The smallest absolute Gasteiger partial charge is 0.417 e. The molecular weight excluding hydrogens is 671 g/mol. The van der Waals surface area contributed by atoms with Gasteiger partial charge in [0.15, 0.2) is 5.69 Å². The molecule has 14 nitrogen and oxygen atoms in total. The van der Waals surface area contributed by atoms with Crippen LogP contribution in [0.3, 0.4) is 0 Å². The number of ether oxygens (including phenoxy) is 1. The summed E-state index contributed by atoms with van der Waals surface area (Å²) in [7, 11) is 0. The van der Waals surface area contributed by atoms with E-state index in [1.807, 2.05) is 16.7 Å². The number of pyridine rings is 1. The van der Waals surface area contributed by atoms with Crippen molar-refractivity contribution in [3.63, 3.8) is 0 Å². The summed E-state index contributed by atoms with van der Waals surface area (Å²) in [5, 5.41) is 16.8. The zero-order valence-electron chi connectivity index (χ0n) is 26.6. The van der Waals surface area contributed by atoms with Crippen molar-refractivity contribution in [2.75, 3.05) is 67.6 Å². The topological polar surface area (TPSA) is 150 Å². The van der Waals surface area contributed by atoms with Crippen molar-refractivity contribution in [3.05, 3.63) is 68.4 Å². The third-order valence-electron chi connectivity index (χ3n) is 8.51. The Morgan fingerprint density at radius 3 is 2.45 bits per heavy atom. The fourth-order valence-electron chi connectivity index (χ4n) is 6.03. The molecule has 49 heavy (non-hydrogen) atoms. The lowest BCUT2D eigenvalue weighted by Gasteiger charge is -2.36. The van der Waals surface area contributed by atoms with Crippen molar-refractivity contribution in [3.8, 4) is 5.75 Å². The second-order valence-electron chi connectivity index (χ2n) is 11.6. The Morgan fingerprint density at radius 1 is 1.08 bits per heavy atom. The van der Waals surface area contributed by atoms with Crippen molar-refractivity contribution in [2.45, 2.75) is 33.0 Å². The third kappa shape index (κ3) is 6.72. The SMILES string of the molecule is CCc1c(N2CCN(C(=O)c3ncccc3O)CC2)c(=O)n2nc(N3CCOCC3)nc2n1CC(=O)Nc1cc(Cl)c(C(F)(F)F)cc1C. The molecule has 0 spiro atoms. The number of anilines is 3. The summed E-state index contributed by atoms with van der Waals surface area (Å²) in [6.07, 6.45) is -2.94. The van der Waals surface area contributed by atoms with Crippen LogP contribution < -0.4 is 20.7 Å². The number of rotatable bonds is 7. The molecule has 2 N–H and O–H groups in total. The summed E-state index contributed by atoms with van der Waals surface area (Å²) < 4.78 is 48.4. The standard InChI is InChI=1S/C31H33ClF3N9O5/c1-3-22-26(40-7-9-41(10-8-40)27(47)25-23(45)5-4-6-36-25)28(48)44-30(38-29(39-44)42-11-13-49-14-12-42)43(22)17-24(46)37-21-16-20(32)19(15-18(21)2)31(33,34)35/h4-6,15-16,45H,3,7-14,17H2,1-2H3,(H,37,46). The summed E-state index contributed by atoms with van der Waals surface area (Å²) >= 11 is 5.94. The summed E-state index contributed by atoms with van der Waals surface area (Å²) in [4.78, 5) is 54.7. The van der Waals surface area contributed by atoms with Gasteiger partial charge in [-0.2, -0.15) is 22.7 Å². The molecule has 0 atom stereocenters. The van der Waals surface area contributed by atoms with Crippen LogP contribution in [0.5, 0.6) is 5.75 Å². The van der Waals surface area contributed by atoms with Crippen molar-refractivity contribution in [1.29, 1.82) is 0 Å². The number of halogens is 4. The number of nitrogens with one attached hydrogen (secondary N) is 1. The van der Waals surface area contributed by atoms with E-state index in [2.05, 4.69) is 20.4 Å². The lowest BCUT2D eigenvalue weighted by molar-refractivity contribution is -0.137. The van der Waals surface area contributed by atoms with Crippen molar-refractivity contribution in [1.82, 2.24) is 29.0 Å². The average Bonchev–Trinajstić information content (AvgIpc) is 3.53. The molecule has 0 radical (unpaired) electrons. The first-order chi connectivity index (χ1) is 23.4. The van der Waals surface area contributed by atoms with E-state index in [0.29, 0.717) is 38.4 Å². The Bertz CT molecular complexity index is 1970. The van der Waals surface area contributed by atoms with Crippen LogP contribution in [-0.2, 0) is 28.7 Å². The molecule has 2 aliphatic heterocycles. The van der Waals surface area contributed by atoms with Crippen LogP contribution in [0.4, 0.5) is 30.5 Å². The number of hydrogen-bond acceptors (Lipinski definition) is 10. The van der Waals surface area contributed by atoms with Gasteiger partial charge in [-0.05, 0) is 43.2 Å². The quantitative estimate of drug-likeness (QED) is 0.294. The van der Waals surface area contributed by atoms with Gasteiger partial charge in [-0.3, -0.25) is 14.4 Å². The average molecular weight is 704 g/mol. The van der Waals surface area contributed by atoms with Crippen LogP contribution in [-0.4, -0.2) is 98.5 Å². The summed E-state index contributed by atoms with van der Waals surface area (Å²) in [5.41, 5.74) is -0.502. The summed E-state index contributed by atoms with van der Waals surface area (Å²) in [5.74, 6) is -0.867. The van der Waals surface area contributed by atoms with E-state index in [0.717, 1.165) is 16.6 Å². The predicted molar refractivity (Wildman–Crippen MR) is 173 cm³/mol. The highest BCUT2D eigenvalue weighted by Crippen LogP contribution is 2.37. The van der Waals surface area contributed by atoms with Gasteiger partial charge in [0.05, 0.1) is 29.5 Å². The van der Waals surface area contributed by atoms with Crippen LogP contribution in [0.15, 0.2) is 35.3 Å². The van der Waals surface area contributed by atoms with E-state index in [-0.39, 0.29) is 72.8 Å². The van der Waals surface area contributed by atoms with Crippen LogP contribution in [0.2, 0.25) is 5.02 Å². The Balaban J connectivity index is 1.35. The molecule has 5 heterocycles. The number of fused-ring (bicyclic) bond motifs is 1. The van der Waals surface area contributed by atoms with E-state index in [9.17, 15) is 32.7 Å². The second-order valence-corrected chi connectivity index (χ2v) is 12.0. The normalized spacial score (nSPS) is 15.6. The van der Waals surface area contributed by atoms with Crippen LogP contribution in [0, 0.1) is 6.92 Å². The Kier molecular flexibility index (Phi) is 9.39. The van der Waals surface area contributed by atoms with Crippen molar-refractivity contribution >= 4 is 46.5 Å². The van der Waals surface area contributed by atoms with Gasteiger partial charge in [-0.1, -0.05) is 18.5 Å². The van der Waals surface area contributed by atoms with Crippen molar-refractivity contribution in [2.24, 2.45) is 0 Å². The molecule has 0 bridgehead atoms. The molecule has 2 amide bonds. The van der Waals surface area contributed by atoms with Crippen LogP contribution in [0.1, 0.15) is 34.2 Å². The van der Waals surface area contributed by atoms with E-state index < -0.39 is 34.1 Å². The highest BCUT2D eigenvalue weighted by Gasteiger charge is 2.34. The fourth-order valence-corrected chi connectivity index (χ4v) is 6.30. The molecule has 1 aromatic carbocycles. The van der Waals surface area contributed by atoms with Gasteiger partial charge in [-0.25, -0.2) is 4.98 Å². The van der Waals surface area contributed by atoms with Gasteiger partial charge in [0.2, 0.25) is 17.6 Å². The molecule has 6 rings (SSSR count). The summed E-state index contributed by atoms with van der Waals surface area (Å²) in [6.45, 7) is 5.75. The molecular formula is C31H33ClF3N9O5. The molecule has 2 saturated heterocycles. The van der Waals surface area contributed by atoms with Gasteiger partial charge >= 0.3 is 6.18 Å². The Morgan fingerprint density at radius 2 is 1.80 bits per heavy atom. The molecule has 0 saturated carbocycles. The first-order valence-corrected chi connectivity index (χ1v) is 16.0. The van der Waals surface area contributed by atoms with E-state index in [1.165, 1.54) is 30.2 Å². The van der Waals surface area contributed by atoms with Crippen molar-refractivity contribution < 1.29 is 32.6 Å². The predicted octanol–water partition coefficient (Wildman–Crippen LogP) is 2.97. The monoisotopic (exact) mass is 703 g/mol. The van der Waals surface area contributed by atoms with Gasteiger partial charge in [0.1, 0.15) is 18.0 Å². The Labute approximate surface area is 282 Å². The molecule has 2 fully saturated rings. The number of aryl methyl sites for hydroxylation is 1. The van der Waals surface area contributed by atoms with E-state index in [1.54, 1.807) is 4.57 Å². The minimum Gasteiger partial charge on any atom is -0.505 e. The number of aromatic nitrogens is 5. The highest BCUT2D eigenvalue weighted by molar-refractivity contribution is 6.31. The molecule has 2 aliphatic rings. The second kappa shape index (κ2) is 13.5. The lowest BCUT2D eigenvalue weighted by Crippen LogP contribution is -2.51. The minimum absolute atomic E-state index is 0.0668. The van der Waals surface area contributed by atoms with Crippen LogP contribution >= 0.6 is 11.6 Å². The number of piperazine rings is 1. The number of carbonyl (C=O) groups excluding carboxylic acids is 2. The number of aromatic hydroxyl groups is 1. The highest BCUT2D eigenvalue weighted by atomic mass is 35.5. The number of hydrogen-bond donors (Lipinski definition) is 2. The molecule has 260 valence electrons. The number of morpholine rings is 1. The minimum atomic E-state index is -4.66. The van der Waals surface area contributed by atoms with Crippen LogP contribution in [0.25, 0.3) is 5.78 Å². The van der Waals surface area contributed by atoms with Gasteiger partial charge in [-0.15, -0.1) is 5.10 Å². The number of carbonyl (C=O) groups is 2. The maximum absolute atomic E-state index is 14.1. The largest absolute Gasteiger partial charge is 0.505 e. The Hall–Kier alpha value is -4.90. The number of amides is 2. The van der Waals surface area contributed by atoms with Gasteiger partial charge in [0.25, 0.3) is 11.5 Å². The first-order valence-electron chi connectivity index (χ1n) is 15.6. The van der Waals surface area contributed by atoms with E-state index >= 15 is 0 Å². The molecule has 0 aliphatic carbocycles. The maximum atomic E-state index is 14.1.